The average Bonchev–Trinajstić information content (AvgIpc) is 2.61. The molecule has 18 heavy (non-hydrogen) atoms. The Bertz CT molecular complexity index is 333. The number of rotatable bonds is 2. The van der Waals surface area contributed by atoms with E-state index in [-0.39, 0.29) is 29.2 Å². The fraction of sp³-hybridized carbons (Fsp3) is 0.923. The highest BCUT2D eigenvalue weighted by molar-refractivity contribution is 5.76. The van der Waals surface area contributed by atoms with E-state index in [1.165, 1.54) is 0 Å². The topological polar surface area (TPSA) is 29.1 Å². The van der Waals surface area contributed by atoms with Crippen molar-refractivity contribution in [1.29, 1.82) is 0 Å². The number of hydrogen-bond donors (Lipinski definition) is 1. The van der Waals surface area contributed by atoms with Gasteiger partial charge in [-0.05, 0) is 30.1 Å². The van der Waals surface area contributed by atoms with Crippen LogP contribution in [0.1, 0.15) is 40.0 Å². The number of fused-ring (bicyclic) bond motifs is 1. The largest absolute Gasteiger partial charge is 0.392 e. The first-order chi connectivity index (χ1) is 8.08. The third kappa shape index (κ3) is 2.98. The molecule has 104 valence electrons. The van der Waals surface area contributed by atoms with Crippen LogP contribution in [-0.2, 0) is 4.79 Å². The van der Waals surface area contributed by atoms with Crippen LogP contribution >= 0.6 is 0 Å². The van der Waals surface area contributed by atoms with E-state index in [0.29, 0.717) is 19.3 Å². The van der Waals surface area contributed by atoms with Crippen molar-refractivity contribution in [3.05, 3.63) is 0 Å². The summed E-state index contributed by atoms with van der Waals surface area (Å²) in [5, 5.41) is 2.86. The van der Waals surface area contributed by atoms with Crippen molar-refractivity contribution in [1.82, 2.24) is 5.32 Å². The minimum absolute atomic E-state index is 0.0441. The molecule has 0 aromatic heterocycles. The van der Waals surface area contributed by atoms with Crippen molar-refractivity contribution in [2.75, 3.05) is 0 Å². The van der Waals surface area contributed by atoms with Gasteiger partial charge in [-0.2, -0.15) is 13.2 Å². The standard InChI is InChI=1S/C13H20F3NO/c1-12(2,3)6-10(18)17-7-4-8-9(5-7)11(8)13(14,15)16/h7-9,11H,4-6H2,1-3H3,(H,17,18). The molecule has 2 aliphatic carbocycles. The third-order valence-corrected chi connectivity index (χ3v) is 3.88. The van der Waals surface area contributed by atoms with E-state index in [9.17, 15) is 18.0 Å². The Morgan fingerprint density at radius 1 is 1.17 bits per heavy atom. The minimum atomic E-state index is -4.05. The molecule has 2 saturated carbocycles. The molecule has 0 aromatic rings. The molecule has 2 atom stereocenters. The molecule has 2 unspecified atom stereocenters. The molecule has 0 spiro atoms. The van der Waals surface area contributed by atoms with E-state index in [1.807, 2.05) is 20.8 Å². The van der Waals surface area contributed by atoms with Gasteiger partial charge in [0.05, 0.1) is 5.92 Å². The molecule has 0 heterocycles. The normalized spacial score (nSPS) is 35.2. The molecular formula is C13H20F3NO. The Hall–Kier alpha value is -0.740. The van der Waals surface area contributed by atoms with Crippen LogP contribution < -0.4 is 5.32 Å². The molecule has 1 amide bonds. The average molecular weight is 263 g/mol. The first kappa shape index (κ1) is 13.7. The van der Waals surface area contributed by atoms with Crippen molar-refractivity contribution in [2.24, 2.45) is 23.2 Å². The molecule has 0 aliphatic heterocycles. The molecule has 2 nitrogen and oxygen atoms in total. The molecule has 2 aliphatic rings. The third-order valence-electron chi connectivity index (χ3n) is 3.88. The van der Waals surface area contributed by atoms with Gasteiger partial charge in [0.1, 0.15) is 0 Å². The minimum Gasteiger partial charge on any atom is -0.353 e. The van der Waals surface area contributed by atoms with Gasteiger partial charge in [-0.15, -0.1) is 0 Å². The molecule has 2 rings (SSSR count). The highest BCUT2D eigenvalue weighted by Gasteiger charge is 2.67. The summed E-state index contributed by atoms with van der Waals surface area (Å²) in [6, 6.07) is -0.0477. The number of alkyl halides is 3. The van der Waals surface area contributed by atoms with E-state index in [1.54, 1.807) is 0 Å². The molecule has 0 radical (unpaired) electrons. The van der Waals surface area contributed by atoms with E-state index < -0.39 is 12.1 Å². The maximum Gasteiger partial charge on any atom is 0.392 e. The van der Waals surface area contributed by atoms with Gasteiger partial charge in [0.15, 0.2) is 0 Å². The zero-order chi connectivity index (χ0) is 13.7. The van der Waals surface area contributed by atoms with Crippen molar-refractivity contribution in [3.8, 4) is 0 Å². The number of nitrogens with one attached hydrogen (secondary N) is 1. The maximum absolute atomic E-state index is 12.5. The number of carbonyl (C=O) groups is 1. The zero-order valence-corrected chi connectivity index (χ0v) is 11.0. The number of carbonyl (C=O) groups excluding carboxylic acids is 1. The molecular weight excluding hydrogens is 243 g/mol. The van der Waals surface area contributed by atoms with Crippen LogP contribution in [-0.4, -0.2) is 18.1 Å². The second kappa shape index (κ2) is 4.14. The summed E-state index contributed by atoms with van der Waals surface area (Å²) in [6.45, 7) is 5.91. The highest BCUT2D eigenvalue weighted by atomic mass is 19.4. The second-order valence-electron chi connectivity index (χ2n) is 6.87. The summed E-state index contributed by atoms with van der Waals surface area (Å²) in [6.07, 6.45) is -2.65. The first-order valence-electron chi connectivity index (χ1n) is 6.44. The summed E-state index contributed by atoms with van der Waals surface area (Å²) in [5.74, 6) is -1.64. The van der Waals surface area contributed by atoms with E-state index in [0.717, 1.165) is 0 Å². The number of amides is 1. The van der Waals surface area contributed by atoms with Crippen LogP contribution in [0.4, 0.5) is 13.2 Å². The SMILES string of the molecule is CC(C)(C)CC(=O)NC1CC2C(C1)C2C(F)(F)F. The van der Waals surface area contributed by atoms with Gasteiger partial charge in [0.25, 0.3) is 0 Å². The molecule has 0 bridgehead atoms. The van der Waals surface area contributed by atoms with Gasteiger partial charge < -0.3 is 5.32 Å². The quantitative estimate of drug-likeness (QED) is 0.814. The smallest absolute Gasteiger partial charge is 0.353 e. The molecule has 5 heteroatoms. The Balaban J connectivity index is 1.76. The van der Waals surface area contributed by atoms with Crippen LogP contribution in [0.3, 0.4) is 0 Å². The Kier molecular flexibility index (Phi) is 3.14. The Morgan fingerprint density at radius 3 is 2.06 bits per heavy atom. The Labute approximate surface area is 105 Å². The number of hydrogen-bond acceptors (Lipinski definition) is 1. The van der Waals surface area contributed by atoms with Gasteiger partial charge in [-0.3, -0.25) is 4.79 Å². The predicted octanol–water partition coefficient (Wildman–Crippen LogP) is 3.13. The predicted molar refractivity (Wildman–Crippen MR) is 61.8 cm³/mol. The van der Waals surface area contributed by atoms with E-state index >= 15 is 0 Å². The van der Waals surface area contributed by atoms with Gasteiger partial charge in [-0.25, -0.2) is 0 Å². The molecule has 0 aromatic carbocycles. The van der Waals surface area contributed by atoms with E-state index in [2.05, 4.69) is 5.32 Å². The summed E-state index contributed by atoms with van der Waals surface area (Å²) in [4.78, 5) is 11.7. The monoisotopic (exact) mass is 263 g/mol. The lowest BCUT2D eigenvalue weighted by molar-refractivity contribution is -0.156. The summed E-state index contributed by atoms with van der Waals surface area (Å²) in [5.41, 5.74) is -0.0832. The van der Waals surface area contributed by atoms with Crippen LogP contribution in [0.5, 0.6) is 0 Å². The van der Waals surface area contributed by atoms with Gasteiger partial charge in [-0.1, -0.05) is 20.8 Å². The van der Waals surface area contributed by atoms with Crippen molar-refractivity contribution < 1.29 is 18.0 Å². The number of halogens is 3. The van der Waals surface area contributed by atoms with Crippen LogP contribution in [0.25, 0.3) is 0 Å². The van der Waals surface area contributed by atoms with Gasteiger partial charge in [0, 0.05) is 12.5 Å². The van der Waals surface area contributed by atoms with Crippen molar-refractivity contribution >= 4 is 5.91 Å². The lowest BCUT2D eigenvalue weighted by Gasteiger charge is -2.21. The Morgan fingerprint density at radius 2 is 1.67 bits per heavy atom. The fourth-order valence-electron chi connectivity index (χ4n) is 3.20. The van der Waals surface area contributed by atoms with Crippen LogP contribution in [0, 0.1) is 23.2 Å². The van der Waals surface area contributed by atoms with Gasteiger partial charge in [0.2, 0.25) is 5.91 Å². The van der Waals surface area contributed by atoms with E-state index in [4.69, 9.17) is 0 Å². The van der Waals surface area contributed by atoms with Crippen molar-refractivity contribution in [2.45, 2.75) is 52.3 Å². The van der Waals surface area contributed by atoms with Crippen LogP contribution in [0.15, 0.2) is 0 Å². The second-order valence-corrected chi connectivity index (χ2v) is 6.87. The van der Waals surface area contributed by atoms with Gasteiger partial charge >= 0.3 is 6.18 Å². The maximum atomic E-state index is 12.5. The summed E-state index contributed by atoms with van der Waals surface area (Å²) in [7, 11) is 0. The molecule has 2 fully saturated rings. The highest BCUT2D eigenvalue weighted by Crippen LogP contribution is 2.63. The first-order valence-corrected chi connectivity index (χ1v) is 6.44. The summed E-state index contributed by atoms with van der Waals surface area (Å²) >= 11 is 0. The molecule has 1 N–H and O–H groups in total. The van der Waals surface area contributed by atoms with Crippen LogP contribution in [0.2, 0.25) is 0 Å². The lowest BCUT2D eigenvalue weighted by atomic mass is 9.91. The fourth-order valence-corrected chi connectivity index (χ4v) is 3.20. The zero-order valence-electron chi connectivity index (χ0n) is 11.0. The van der Waals surface area contributed by atoms with Crippen molar-refractivity contribution in [3.63, 3.8) is 0 Å². The molecule has 0 saturated heterocycles. The lowest BCUT2D eigenvalue weighted by Crippen LogP contribution is -2.36. The summed E-state index contributed by atoms with van der Waals surface area (Å²) < 4.78 is 37.5.